The van der Waals surface area contributed by atoms with Crippen molar-refractivity contribution in [3.05, 3.63) is 58.9 Å². The number of sulfonamides is 1. The SMILES string of the molecule is CCN(Cc1ccncc1)S(=O)(=O)c1c(C)cc(C)cc1C. The maximum atomic E-state index is 13.0. The lowest BCUT2D eigenvalue weighted by Gasteiger charge is -2.23. The van der Waals surface area contributed by atoms with Crippen molar-refractivity contribution in [3.63, 3.8) is 0 Å². The number of hydrogen-bond donors (Lipinski definition) is 0. The van der Waals surface area contributed by atoms with Crippen LogP contribution in [0.25, 0.3) is 0 Å². The Bertz CT molecular complexity index is 732. The van der Waals surface area contributed by atoms with Crippen molar-refractivity contribution in [2.75, 3.05) is 6.54 Å². The van der Waals surface area contributed by atoms with Crippen molar-refractivity contribution < 1.29 is 8.42 Å². The first kappa shape index (κ1) is 16.6. The van der Waals surface area contributed by atoms with Crippen LogP contribution in [-0.4, -0.2) is 24.3 Å². The molecule has 0 radical (unpaired) electrons. The molecule has 0 aliphatic rings. The Labute approximate surface area is 132 Å². The molecule has 0 unspecified atom stereocenters. The highest BCUT2D eigenvalue weighted by Gasteiger charge is 2.26. The maximum absolute atomic E-state index is 13.0. The van der Waals surface area contributed by atoms with E-state index in [1.165, 1.54) is 4.31 Å². The normalized spacial score (nSPS) is 11.9. The molecule has 0 atom stereocenters. The first-order chi connectivity index (χ1) is 10.4. The van der Waals surface area contributed by atoms with E-state index in [1.807, 2.05) is 52.0 Å². The zero-order chi connectivity index (χ0) is 16.3. The summed E-state index contributed by atoms with van der Waals surface area (Å²) in [5.74, 6) is 0. The molecule has 1 aromatic carbocycles. The van der Waals surface area contributed by atoms with Crippen LogP contribution in [0.3, 0.4) is 0 Å². The van der Waals surface area contributed by atoms with Crippen molar-refractivity contribution in [2.24, 2.45) is 0 Å². The van der Waals surface area contributed by atoms with Crippen LogP contribution in [0.4, 0.5) is 0 Å². The Hall–Kier alpha value is -1.72. The second kappa shape index (κ2) is 6.58. The lowest BCUT2D eigenvalue weighted by Crippen LogP contribution is -2.31. The van der Waals surface area contributed by atoms with Gasteiger partial charge in [-0.25, -0.2) is 8.42 Å². The monoisotopic (exact) mass is 318 g/mol. The second-order valence-electron chi connectivity index (χ2n) is 5.51. The fraction of sp³-hybridized carbons (Fsp3) is 0.353. The van der Waals surface area contributed by atoms with Crippen molar-refractivity contribution in [3.8, 4) is 0 Å². The molecule has 0 bridgehead atoms. The van der Waals surface area contributed by atoms with Gasteiger partial charge in [0.2, 0.25) is 10.0 Å². The van der Waals surface area contributed by atoms with Crippen LogP contribution in [0.15, 0.2) is 41.6 Å². The van der Waals surface area contributed by atoms with Gasteiger partial charge in [-0.3, -0.25) is 4.98 Å². The van der Waals surface area contributed by atoms with Gasteiger partial charge in [-0.2, -0.15) is 4.31 Å². The number of aromatic nitrogens is 1. The van der Waals surface area contributed by atoms with Crippen molar-refractivity contribution >= 4 is 10.0 Å². The van der Waals surface area contributed by atoms with Gasteiger partial charge in [-0.15, -0.1) is 0 Å². The minimum atomic E-state index is -3.51. The van der Waals surface area contributed by atoms with Crippen LogP contribution >= 0.6 is 0 Å². The average molecular weight is 318 g/mol. The van der Waals surface area contributed by atoms with E-state index in [1.54, 1.807) is 12.4 Å². The van der Waals surface area contributed by atoms with Gasteiger partial charge in [-0.05, 0) is 49.6 Å². The third-order valence-corrected chi connectivity index (χ3v) is 5.89. The minimum absolute atomic E-state index is 0.355. The van der Waals surface area contributed by atoms with Gasteiger partial charge in [0.1, 0.15) is 0 Å². The summed E-state index contributed by atoms with van der Waals surface area (Å²) in [6, 6.07) is 7.51. The van der Waals surface area contributed by atoms with Gasteiger partial charge in [0.05, 0.1) is 4.90 Å². The molecule has 1 aromatic heterocycles. The lowest BCUT2D eigenvalue weighted by molar-refractivity contribution is 0.422. The Kier molecular flexibility index (Phi) is 4.98. The number of nitrogens with zero attached hydrogens (tertiary/aromatic N) is 2. The highest BCUT2D eigenvalue weighted by molar-refractivity contribution is 7.89. The van der Waals surface area contributed by atoms with Crippen LogP contribution in [0, 0.1) is 20.8 Å². The van der Waals surface area contributed by atoms with E-state index in [0.717, 1.165) is 22.3 Å². The summed E-state index contributed by atoms with van der Waals surface area (Å²) in [6.45, 7) is 8.33. The molecule has 0 amide bonds. The summed E-state index contributed by atoms with van der Waals surface area (Å²) in [4.78, 5) is 4.39. The zero-order valence-electron chi connectivity index (χ0n) is 13.5. The third kappa shape index (κ3) is 3.36. The third-order valence-electron chi connectivity index (χ3n) is 3.66. The van der Waals surface area contributed by atoms with E-state index in [-0.39, 0.29) is 0 Å². The number of rotatable bonds is 5. The van der Waals surface area contributed by atoms with E-state index in [9.17, 15) is 8.42 Å². The number of hydrogen-bond acceptors (Lipinski definition) is 3. The van der Waals surface area contributed by atoms with Gasteiger partial charge in [0.15, 0.2) is 0 Å². The Balaban J connectivity index is 2.44. The van der Waals surface area contributed by atoms with E-state index >= 15 is 0 Å². The average Bonchev–Trinajstić information content (AvgIpc) is 2.44. The molecule has 0 N–H and O–H groups in total. The molecule has 5 heteroatoms. The standard InChI is InChI=1S/C17H22N2O2S/c1-5-19(12-16-6-8-18-9-7-16)22(20,21)17-14(3)10-13(2)11-15(17)4/h6-11H,5,12H2,1-4H3. The van der Waals surface area contributed by atoms with E-state index in [2.05, 4.69) is 4.98 Å². The largest absolute Gasteiger partial charge is 0.265 e. The van der Waals surface area contributed by atoms with Crippen LogP contribution < -0.4 is 0 Å². The molecule has 0 saturated heterocycles. The molecular formula is C17H22N2O2S. The molecule has 1 heterocycles. The first-order valence-corrected chi connectivity index (χ1v) is 8.77. The van der Waals surface area contributed by atoms with Gasteiger partial charge in [0, 0.05) is 25.5 Å². The molecule has 4 nitrogen and oxygen atoms in total. The van der Waals surface area contributed by atoms with Crippen LogP contribution in [0.1, 0.15) is 29.2 Å². The molecule has 0 spiro atoms. The number of aryl methyl sites for hydroxylation is 3. The Morgan fingerprint density at radius 3 is 2.09 bits per heavy atom. The molecule has 0 aliphatic carbocycles. The van der Waals surface area contributed by atoms with Gasteiger partial charge in [0.25, 0.3) is 0 Å². The predicted molar refractivity (Wildman–Crippen MR) is 88.2 cm³/mol. The molecule has 0 fully saturated rings. The van der Waals surface area contributed by atoms with Crippen molar-refractivity contribution in [1.82, 2.24) is 9.29 Å². The summed E-state index contributed by atoms with van der Waals surface area (Å²) in [5.41, 5.74) is 3.60. The molecule has 118 valence electrons. The fourth-order valence-electron chi connectivity index (χ4n) is 2.76. The lowest BCUT2D eigenvalue weighted by atomic mass is 10.1. The quantitative estimate of drug-likeness (QED) is 0.850. The van der Waals surface area contributed by atoms with E-state index in [0.29, 0.717) is 18.0 Å². The van der Waals surface area contributed by atoms with Crippen molar-refractivity contribution in [2.45, 2.75) is 39.1 Å². The Morgan fingerprint density at radius 1 is 1.05 bits per heavy atom. The predicted octanol–water partition coefficient (Wildman–Crippen LogP) is 3.22. The molecular weight excluding hydrogens is 296 g/mol. The van der Waals surface area contributed by atoms with Crippen LogP contribution in [0.2, 0.25) is 0 Å². The highest BCUT2D eigenvalue weighted by Crippen LogP contribution is 2.26. The topological polar surface area (TPSA) is 50.3 Å². The number of pyridine rings is 1. The van der Waals surface area contributed by atoms with Crippen molar-refractivity contribution in [1.29, 1.82) is 0 Å². The fourth-order valence-corrected chi connectivity index (χ4v) is 4.61. The summed E-state index contributed by atoms with van der Waals surface area (Å²) < 4.78 is 27.6. The zero-order valence-corrected chi connectivity index (χ0v) is 14.3. The van der Waals surface area contributed by atoms with E-state index in [4.69, 9.17) is 0 Å². The maximum Gasteiger partial charge on any atom is 0.243 e. The first-order valence-electron chi connectivity index (χ1n) is 7.33. The minimum Gasteiger partial charge on any atom is -0.265 e. The van der Waals surface area contributed by atoms with Crippen LogP contribution in [0.5, 0.6) is 0 Å². The molecule has 2 rings (SSSR count). The van der Waals surface area contributed by atoms with Gasteiger partial charge < -0.3 is 0 Å². The second-order valence-corrected chi connectivity index (χ2v) is 7.39. The molecule has 2 aromatic rings. The summed E-state index contributed by atoms with van der Waals surface area (Å²) >= 11 is 0. The summed E-state index contributed by atoms with van der Waals surface area (Å²) in [5, 5.41) is 0. The van der Waals surface area contributed by atoms with Crippen LogP contribution in [-0.2, 0) is 16.6 Å². The molecule has 0 aliphatic heterocycles. The number of benzene rings is 1. The summed E-state index contributed by atoms with van der Waals surface area (Å²) in [7, 11) is -3.51. The van der Waals surface area contributed by atoms with Gasteiger partial charge in [-0.1, -0.05) is 24.6 Å². The molecule has 0 saturated carbocycles. The van der Waals surface area contributed by atoms with Gasteiger partial charge >= 0.3 is 0 Å². The highest BCUT2D eigenvalue weighted by atomic mass is 32.2. The Morgan fingerprint density at radius 2 is 1.59 bits per heavy atom. The smallest absolute Gasteiger partial charge is 0.243 e. The molecule has 22 heavy (non-hydrogen) atoms. The summed E-state index contributed by atoms with van der Waals surface area (Å²) in [6.07, 6.45) is 3.36. The van der Waals surface area contributed by atoms with E-state index < -0.39 is 10.0 Å².